The van der Waals surface area contributed by atoms with Crippen LogP contribution in [-0.4, -0.2) is 31.9 Å². The summed E-state index contributed by atoms with van der Waals surface area (Å²) in [5.74, 6) is -0.340. The summed E-state index contributed by atoms with van der Waals surface area (Å²) in [5.41, 5.74) is 1.30. The number of alkyl halides is 3. The summed E-state index contributed by atoms with van der Waals surface area (Å²) in [7, 11) is 1.76. The number of hydrogen-bond acceptors (Lipinski definition) is 6. The van der Waals surface area contributed by atoms with Crippen molar-refractivity contribution in [2.45, 2.75) is 17.2 Å². The number of thioether (sulfide) groups is 1. The van der Waals surface area contributed by atoms with Crippen molar-refractivity contribution in [1.82, 2.24) is 19.3 Å². The standard InChI is InChI=1S/C17H13F3N4O2S2/c1-23-12-11(13-14(23)22-16(27-2)28-13)7-21-24(15(12)25)8-9-4-3-5-10(6-9)26-17(18,19)20/h3-7H,8H2,1-2H3. The van der Waals surface area contributed by atoms with Crippen LogP contribution in [0.15, 0.2) is 39.6 Å². The zero-order valence-corrected chi connectivity index (χ0v) is 16.3. The molecule has 0 radical (unpaired) electrons. The maximum Gasteiger partial charge on any atom is 0.573 e. The van der Waals surface area contributed by atoms with Crippen LogP contribution in [0.1, 0.15) is 5.56 Å². The zero-order valence-electron chi connectivity index (χ0n) is 14.6. The number of benzene rings is 1. The van der Waals surface area contributed by atoms with E-state index in [1.54, 1.807) is 23.9 Å². The minimum atomic E-state index is -4.77. The van der Waals surface area contributed by atoms with Gasteiger partial charge in [0.15, 0.2) is 9.99 Å². The lowest BCUT2D eigenvalue weighted by molar-refractivity contribution is -0.274. The molecule has 0 saturated heterocycles. The van der Waals surface area contributed by atoms with Crippen molar-refractivity contribution in [3.8, 4) is 5.75 Å². The van der Waals surface area contributed by atoms with Crippen LogP contribution in [0.5, 0.6) is 5.75 Å². The molecule has 0 bridgehead atoms. The maximum atomic E-state index is 12.9. The molecular formula is C17H13F3N4O2S2. The highest BCUT2D eigenvalue weighted by atomic mass is 32.2. The number of aromatic nitrogens is 4. The highest BCUT2D eigenvalue weighted by Crippen LogP contribution is 2.34. The molecule has 6 nitrogen and oxygen atoms in total. The van der Waals surface area contributed by atoms with Crippen molar-refractivity contribution in [1.29, 1.82) is 0 Å². The molecule has 11 heteroatoms. The van der Waals surface area contributed by atoms with Gasteiger partial charge in [0.2, 0.25) is 0 Å². The first kappa shape index (κ1) is 18.8. The molecule has 28 heavy (non-hydrogen) atoms. The van der Waals surface area contributed by atoms with Gasteiger partial charge < -0.3 is 9.30 Å². The van der Waals surface area contributed by atoms with Gasteiger partial charge in [-0.15, -0.1) is 24.5 Å². The molecule has 4 rings (SSSR count). The first-order valence-electron chi connectivity index (χ1n) is 8.00. The molecular weight excluding hydrogens is 413 g/mol. The predicted molar refractivity (Wildman–Crippen MR) is 102 cm³/mol. The lowest BCUT2D eigenvalue weighted by Gasteiger charge is -2.10. The van der Waals surface area contributed by atoms with E-state index in [4.69, 9.17) is 0 Å². The molecule has 3 aromatic heterocycles. The summed E-state index contributed by atoms with van der Waals surface area (Å²) in [4.78, 5) is 17.4. The van der Waals surface area contributed by atoms with Crippen molar-refractivity contribution >= 4 is 44.3 Å². The summed E-state index contributed by atoms with van der Waals surface area (Å²) in [5, 5.41) is 4.92. The number of halogens is 3. The third-order valence-electron chi connectivity index (χ3n) is 4.14. The summed E-state index contributed by atoms with van der Waals surface area (Å²) < 4.78 is 45.9. The Morgan fingerprint density at radius 3 is 2.82 bits per heavy atom. The Morgan fingerprint density at radius 1 is 1.32 bits per heavy atom. The molecule has 0 aliphatic rings. The third kappa shape index (κ3) is 3.35. The number of fused-ring (bicyclic) bond motifs is 3. The van der Waals surface area contributed by atoms with Crippen LogP contribution >= 0.6 is 23.1 Å². The van der Waals surface area contributed by atoms with E-state index in [9.17, 15) is 18.0 Å². The monoisotopic (exact) mass is 426 g/mol. The summed E-state index contributed by atoms with van der Waals surface area (Å²) in [6, 6.07) is 5.49. The van der Waals surface area contributed by atoms with Gasteiger partial charge >= 0.3 is 6.36 Å². The number of hydrogen-bond donors (Lipinski definition) is 0. The minimum absolute atomic E-state index is 0.0200. The van der Waals surface area contributed by atoms with E-state index in [0.717, 1.165) is 9.04 Å². The van der Waals surface area contributed by atoms with Gasteiger partial charge in [-0.3, -0.25) is 4.79 Å². The Bertz CT molecular complexity index is 1240. The number of aryl methyl sites for hydroxylation is 1. The minimum Gasteiger partial charge on any atom is -0.406 e. The van der Waals surface area contributed by atoms with E-state index in [0.29, 0.717) is 22.1 Å². The highest BCUT2D eigenvalue weighted by molar-refractivity contribution is 8.00. The third-order valence-corrected chi connectivity index (χ3v) is 6.21. The number of rotatable bonds is 4. The number of thiazole rings is 1. The second kappa shape index (κ2) is 6.82. The SMILES string of the molecule is CSc1nc2c(s1)c1cnn(Cc3cccc(OC(F)(F)F)c3)c(=O)c1n2C. The summed E-state index contributed by atoms with van der Waals surface area (Å²) in [6.07, 6.45) is -1.25. The van der Waals surface area contributed by atoms with Crippen LogP contribution in [-0.2, 0) is 13.6 Å². The van der Waals surface area contributed by atoms with Crippen molar-refractivity contribution in [2.24, 2.45) is 7.05 Å². The fourth-order valence-electron chi connectivity index (χ4n) is 2.98. The Labute approximate surface area is 164 Å². The summed E-state index contributed by atoms with van der Waals surface area (Å²) >= 11 is 3.02. The van der Waals surface area contributed by atoms with E-state index in [1.165, 1.54) is 46.0 Å². The molecule has 0 N–H and O–H groups in total. The molecule has 4 aromatic rings. The second-order valence-electron chi connectivity index (χ2n) is 5.96. The van der Waals surface area contributed by atoms with Crippen LogP contribution in [0.4, 0.5) is 13.2 Å². The molecule has 0 aliphatic heterocycles. The largest absolute Gasteiger partial charge is 0.573 e. The van der Waals surface area contributed by atoms with Gasteiger partial charge in [-0.2, -0.15) is 5.10 Å². The van der Waals surface area contributed by atoms with Gasteiger partial charge in [-0.25, -0.2) is 9.67 Å². The van der Waals surface area contributed by atoms with Crippen molar-refractivity contribution < 1.29 is 17.9 Å². The average molecular weight is 426 g/mol. The van der Waals surface area contributed by atoms with Gasteiger partial charge in [0.25, 0.3) is 5.56 Å². The predicted octanol–water partition coefficient (Wildman–Crippen LogP) is 4.01. The maximum absolute atomic E-state index is 12.9. The van der Waals surface area contributed by atoms with E-state index in [1.807, 2.05) is 6.26 Å². The second-order valence-corrected chi connectivity index (χ2v) is 8.01. The lowest BCUT2D eigenvalue weighted by atomic mass is 10.2. The Hall–Kier alpha value is -2.53. The molecule has 0 spiro atoms. The van der Waals surface area contributed by atoms with Crippen molar-refractivity contribution in [2.75, 3.05) is 6.26 Å². The normalized spacial score (nSPS) is 12.2. The number of ether oxygens (including phenoxy) is 1. The molecule has 0 unspecified atom stereocenters. The van der Waals surface area contributed by atoms with Crippen LogP contribution in [0, 0.1) is 0 Å². The molecule has 0 amide bonds. The van der Waals surface area contributed by atoms with Crippen molar-refractivity contribution in [3.05, 3.63) is 46.4 Å². The fraction of sp³-hybridized carbons (Fsp3) is 0.235. The molecule has 3 heterocycles. The van der Waals surface area contributed by atoms with Crippen LogP contribution in [0.25, 0.3) is 21.3 Å². The molecule has 146 valence electrons. The van der Waals surface area contributed by atoms with E-state index >= 15 is 0 Å². The molecule has 0 aliphatic carbocycles. The smallest absolute Gasteiger partial charge is 0.406 e. The van der Waals surface area contributed by atoms with Crippen LogP contribution in [0.2, 0.25) is 0 Å². The first-order valence-corrected chi connectivity index (χ1v) is 10.0. The summed E-state index contributed by atoms with van der Waals surface area (Å²) in [6.45, 7) is 0.0200. The van der Waals surface area contributed by atoms with Gasteiger partial charge in [-0.05, 0) is 24.0 Å². The molecule has 0 saturated carbocycles. The Morgan fingerprint density at radius 2 is 2.11 bits per heavy atom. The lowest BCUT2D eigenvalue weighted by Crippen LogP contribution is -2.24. The molecule has 1 aromatic carbocycles. The zero-order chi connectivity index (χ0) is 20.1. The Balaban J connectivity index is 1.74. The highest BCUT2D eigenvalue weighted by Gasteiger charge is 2.31. The van der Waals surface area contributed by atoms with E-state index < -0.39 is 6.36 Å². The van der Waals surface area contributed by atoms with Gasteiger partial charge in [0.05, 0.1) is 17.4 Å². The fourth-order valence-corrected chi connectivity index (χ4v) is 4.59. The van der Waals surface area contributed by atoms with Gasteiger partial charge in [0, 0.05) is 12.4 Å². The molecule has 0 fully saturated rings. The van der Waals surface area contributed by atoms with E-state index in [2.05, 4.69) is 14.8 Å². The van der Waals surface area contributed by atoms with E-state index in [-0.39, 0.29) is 17.9 Å². The van der Waals surface area contributed by atoms with Gasteiger partial charge in [0.1, 0.15) is 11.3 Å². The van der Waals surface area contributed by atoms with Gasteiger partial charge in [-0.1, -0.05) is 23.9 Å². The quantitative estimate of drug-likeness (QED) is 0.462. The Kier molecular flexibility index (Phi) is 4.58. The topological polar surface area (TPSA) is 61.9 Å². The number of nitrogens with zero attached hydrogens (tertiary/aromatic N) is 4. The molecule has 0 atom stereocenters. The van der Waals surface area contributed by atoms with Crippen LogP contribution in [0.3, 0.4) is 0 Å². The first-order chi connectivity index (χ1) is 13.3. The van der Waals surface area contributed by atoms with Crippen LogP contribution < -0.4 is 10.3 Å². The van der Waals surface area contributed by atoms with Crippen molar-refractivity contribution in [3.63, 3.8) is 0 Å². The average Bonchev–Trinajstić information content (AvgIpc) is 3.15.